The van der Waals surface area contributed by atoms with Crippen LogP contribution in [0.5, 0.6) is 5.75 Å². The second-order valence-corrected chi connectivity index (χ2v) is 5.92. The van der Waals surface area contributed by atoms with Crippen molar-refractivity contribution in [3.8, 4) is 5.75 Å². The molecule has 1 aromatic carbocycles. The minimum atomic E-state index is -0.942. The SMILES string of the molecule is CC(C)(C)c1ccccc1OCCNC(=O)NCCC(=O)O. The first-order valence-electron chi connectivity index (χ1n) is 7.26. The number of carboxylic acid groups (broad SMARTS) is 1. The first kappa shape index (κ1) is 17.8. The van der Waals surface area contributed by atoms with Gasteiger partial charge in [-0.2, -0.15) is 0 Å². The smallest absolute Gasteiger partial charge is 0.314 e. The van der Waals surface area contributed by atoms with Gasteiger partial charge in [0, 0.05) is 6.54 Å². The maximum Gasteiger partial charge on any atom is 0.314 e. The van der Waals surface area contributed by atoms with Crippen molar-refractivity contribution in [2.24, 2.45) is 0 Å². The third-order valence-electron chi connectivity index (χ3n) is 2.96. The van der Waals surface area contributed by atoms with Crippen LogP contribution in [0.1, 0.15) is 32.8 Å². The number of urea groups is 1. The van der Waals surface area contributed by atoms with Gasteiger partial charge >= 0.3 is 12.0 Å². The Morgan fingerprint density at radius 1 is 1.14 bits per heavy atom. The molecule has 0 fully saturated rings. The van der Waals surface area contributed by atoms with E-state index >= 15 is 0 Å². The summed E-state index contributed by atoms with van der Waals surface area (Å²) >= 11 is 0. The van der Waals surface area contributed by atoms with Crippen LogP contribution in [0.2, 0.25) is 0 Å². The number of carboxylic acids is 1. The number of ether oxygens (including phenoxy) is 1. The number of rotatable bonds is 7. The summed E-state index contributed by atoms with van der Waals surface area (Å²) in [6, 6.07) is 7.43. The van der Waals surface area contributed by atoms with E-state index in [9.17, 15) is 9.59 Å². The number of hydrogen-bond acceptors (Lipinski definition) is 3. The summed E-state index contributed by atoms with van der Waals surface area (Å²) < 4.78 is 5.72. The van der Waals surface area contributed by atoms with E-state index in [1.807, 2.05) is 24.3 Å². The summed E-state index contributed by atoms with van der Waals surface area (Å²) in [6.45, 7) is 7.14. The fraction of sp³-hybridized carbons (Fsp3) is 0.500. The molecule has 0 bridgehead atoms. The number of carbonyl (C=O) groups excluding carboxylic acids is 1. The van der Waals surface area contributed by atoms with E-state index in [0.29, 0.717) is 13.2 Å². The van der Waals surface area contributed by atoms with Crippen LogP contribution in [0, 0.1) is 0 Å². The molecule has 0 unspecified atom stereocenters. The monoisotopic (exact) mass is 308 g/mol. The fourth-order valence-corrected chi connectivity index (χ4v) is 1.88. The highest BCUT2D eigenvalue weighted by Crippen LogP contribution is 2.30. The number of hydrogen-bond donors (Lipinski definition) is 3. The van der Waals surface area contributed by atoms with E-state index in [-0.39, 0.29) is 18.4 Å². The molecule has 0 saturated heterocycles. The lowest BCUT2D eigenvalue weighted by Crippen LogP contribution is -2.38. The molecule has 1 aromatic rings. The molecule has 3 N–H and O–H groups in total. The molecule has 0 aliphatic carbocycles. The van der Waals surface area contributed by atoms with Gasteiger partial charge < -0.3 is 20.5 Å². The lowest BCUT2D eigenvalue weighted by atomic mass is 9.86. The molecule has 0 spiro atoms. The molecule has 2 amide bonds. The van der Waals surface area contributed by atoms with Crippen LogP contribution < -0.4 is 15.4 Å². The van der Waals surface area contributed by atoms with E-state index in [4.69, 9.17) is 9.84 Å². The molecule has 6 heteroatoms. The highest BCUT2D eigenvalue weighted by atomic mass is 16.5. The molecule has 0 heterocycles. The van der Waals surface area contributed by atoms with E-state index < -0.39 is 12.0 Å². The Bertz CT molecular complexity index is 509. The minimum absolute atomic E-state index is 0.0156. The van der Waals surface area contributed by atoms with Crippen LogP contribution in [-0.2, 0) is 10.2 Å². The van der Waals surface area contributed by atoms with Crippen molar-refractivity contribution in [2.45, 2.75) is 32.6 Å². The molecule has 0 aliphatic heterocycles. The number of aliphatic carboxylic acids is 1. The van der Waals surface area contributed by atoms with Crippen molar-refractivity contribution in [3.05, 3.63) is 29.8 Å². The van der Waals surface area contributed by atoms with Crippen LogP contribution in [0.4, 0.5) is 4.79 Å². The van der Waals surface area contributed by atoms with Crippen LogP contribution in [-0.4, -0.2) is 36.8 Å². The lowest BCUT2D eigenvalue weighted by molar-refractivity contribution is -0.136. The summed E-state index contributed by atoms with van der Waals surface area (Å²) in [7, 11) is 0. The van der Waals surface area contributed by atoms with Gasteiger partial charge in [0.1, 0.15) is 12.4 Å². The average molecular weight is 308 g/mol. The van der Waals surface area contributed by atoms with Crippen molar-refractivity contribution in [3.63, 3.8) is 0 Å². The Kier molecular flexibility index (Phi) is 6.69. The van der Waals surface area contributed by atoms with Crippen molar-refractivity contribution >= 4 is 12.0 Å². The van der Waals surface area contributed by atoms with Crippen molar-refractivity contribution < 1.29 is 19.4 Å². The second kappa shape index (κ2) is 8.26. The summed E-state index contributed by atoms with van der Waals surface area (Å²) in [4.78, 5) is 21.7. The topological polar surface area (TPSA) is 87.7 Å². The molecule has 0 radical (unpaired) electrons. The standard InChI is InChI=1S/C16H24N2O4/c1-16(2,3)12-6-4-5-7-13(12)22-11-10-18-15(21)17-9-8-14(19)20/h4-7H,8-11H2,1-3H3,(H,19,20)(H2,17,18,21). The summed E-state index contributed by atoms with van der Waals surface area (Å²) in [5.74, 6) is -0.134. The molecule has 6 nitrogen and oxygen atoms in total. The summed E-state index contributed by atoms with van der Waals surface area (Å²) in [6.07, 6.45) is -0.0944. The van der Waals surface area contributed by atoms with Crippen LogP contribution in [0.25, 0.3) is 0 Å². The van der Waals surface area contributed by atoms with Gasteiger partial charge in [0.25, 0.3) is 0 Å². The molecule has 0 saturated carbocycles. The zero-order valence-electron chi connectivity index (χ0n) is 13.3. The first-order valence-corrected chi connectivity index (χ1v) is 7.26. The van der Waals surface area contributed by atoms with Crippen LogP contribution in [0.3, 0.4) is 0 Å². The largest absolute Gasteiger partial charge is 0.491 e. The van der Waals surface area contributed by atoms with Gasteiger partial charge in [0.05, 0.1) is 13.0 Å². The zero-order valence-corrected chi connectivity index (χ0v) is 13.3. The number of para-hydroxylation sites is 1. The minimum Gasteiger partial charge on any atom is -0.491 e. The first-order chi connectivity index (χ1) is 10.3. The van der Waals surface area contributed by atoms with E-state index in [1.54, 1.807) is 0 Å². The van der Waals surface area contributed by atoms with Gasteiger partial charge in [0.2, 0.25) is 0 Å². The number of carbonyl (C=O) groups is 2. The highest BCUT2D eigenvalue weighted by molar-refractivity contribution is 5.74. The highest BCUT2D eigenvalue weighted by Gasteiger charge is 2.18. The van der Waals surface area contributed by atoms with E-state index in [0.717, 1.165) is 11.3 Å². The number of amides is 2. The molecule has 22 heavy (non-hydrogen) atoms. The van der Waals surface area contributed by atoms with Crippen molar-refractivity contribution in [1.29, 1.82) is 0 Å². The van der Waals surface area contributed by atoms with Gasteiger partial charge in [-0.1, -0.05) is 39.0 Å². The third-order valence-corrected chi connectivity index (χ3v) is 2.96. The second-order valence-electron chi connectivity index (χ2n) is 5.92. The third kappa shape index (κ3) is 6.47. The van der Waals surface area contributed by atoms with Crippen LogP contribution in [0.15, 0.2) is 24.3 Å². The maximum atomic E-state index is 11.4. The van der Waals surface area contributed by atoms with Gasteiger partial charge in [-0.3, -0.25) is 4.79 Å². The van der Waals surface area contributed by atoms with Gasteiger partial charge in [-0.25, -0.2) is 4.79 Å². The fourth-order valence-electron chi connectivity index (χ4n) is 1.88. The van der Waals surface area contributed by atoms with E-state index in [1.165, 1.54) is 0 Å². The predicted octanol–water partition coefficient (Wildman–Crippen LogP) is 2.14. The van der Waals surface area contributed by atoms with Gasteiger partial charge in [-0.15, -0.1) is 0 Å². The number of benzene rings is 1. The zero-order chi connectivity index (χ0) is 16.6. The van der Waals surface area contributed by atoms with E-state index in [2.05, 4.69) is 31.4 Å². The van der Waals surface area contributed by atoms with Gasteiger partial charge in [-0.05, 0) is 17.0 Å². The number of nitrogens with one attached hydrogen (secondary N) is 2. The Morgan fingerprint density at radius 3 is 2.41 bits per heavy atom. The Labute approximate surface area is 130 Å². The lowest BCUT2D eigenvalue weighted by Gasteiger charge is -2.22. The molecule has 0 aromatic heterocycles. The Hall–Kier alpha value is -2.24. The molecular formula is C16H24N2O4. The summed E-state index contributed by atoms with van der Waals surface area (Å²) in [5.41, 5.74) is 1.10. The molecular weight excluding hydrogens is 284 g/mol. The average Bonchev–Trinajstić information content (AvgIpc) is 2.42. The predicted molar refractivity (Wildman–Crippen MR) is 84.3 cm³/mol. The normalized spacial score (nSPS) is 10.9. The van der Waals surface area contributed by atoms with Crippen molar-refractivity contribution in [2.75, 3.05) is 19.7 Å². The summed E-state index contributed by atoms with van der Waals surface area (Å²) in [5, 5.41) is 13.5. The molecule has 0 atom stereocenters. The molecule has 0 aliphatic rings. The Balaban J connectivity index is 2.33. The Morgan fingerprint density at radius 2 is 1.77 bits per heavy atom. The van der Waals surface area contributed by atoms with Crippen molar-refractivity contribution in [1.82, 2.24) is 10.6 Å². The molecule has 122 valence electrons. The maximum absolute atomic E-state index is 11.4. The molecule has 1 rings (SSSR count). The van der Waals surface area contributed by atoms with Crippen LogP contribution >= 0.6 is 0 Å². The quantitative estimate of drug-likeness (QED) is 0.673. The van der Waals surface area contributed by atoms with Gasteiger partial charge in [0.15, 0.2) is 0 Å².